The largest absolute Gasteiger partial charge is 0.305 e. The fraction of sp³-hybridized carbons (Fsp3) is 0.357. The van der Waals surface area contributed by atoms with Gasteiger partial charge in [0, 0.05) is 23.1 Å². The first-order valence-electron chi connectivity index (χ1n) is 6.25. The molecule has 0 fully saturated rings. The number of hydrogen-bond acceptors (Lipinski definition) is 3. The molecular formula is C14H17BrN4O. The van der Waals surface area contributed by atoms with E-state index in [1.54, 1.807) is 24.0 Å². The van der Waals surface area contributed by atoms with Crippen LogP contribution in [0.4, 0.5) is 5.82 Å². The van der Waals surface area contributed by atoms with E-state index in [2.05, 4.69) is 52.1 Å². The number of hydrogen-bond donors (Lipinski definition) is 1. The van der Waals surface area contributed by atoms with Crippen LogP contribution < -0.4 is 5.32 Å². The number of nitrogens with one attached hydrogen (secondary N) is 1. The predicted molar refractivity (Wildman–Crippen MR) is 81.8 cm³/mol. The minimum Gasteiger partial charge on any atom is -0.305 e. The summed E-state index contributed by atoms with van der Waals surface area (Å²) in [4.78, 5) is 16.4. The van der Waals surface area contributed by atoms with Gasteiger partial charge in [0.25, 0.3) is 5.91 Å². The summed E-state index contributed by atoms with van der Waals surface area (Å²) in [5, 5.41) is 7.15. The van der Waals surface area contributed by atoms with E-state index in [9.17, 15) is 4.79 Å². The van der Waals surface area contributed by atoms with Gasteiger partial charge in [0.2, 0.25) is 0 Å². The second kappa shape index (κ2) is 5.36. The van der Waals surface area contributed by atoms with Crippen LogP contribution in [0.25, 0.3) is 0 Å². The van der Waals surface area contributed by atoms with Gasteiger partial charge in [-0.05, 0) is 34.1 Å². The molecule has 0 saturated heterocycles. The summed E-state index contributed by atoms with van der Waals surface area (Å²) >= 11 is 3.30. The van der Waals surface area contributed by atoms with Gasteiger partial charge in [0.15, 0.2) is 0 Å². The first-order valence-corrected chi connectivity index (χ1v) is 7.04. The molecule has 0 aromatic carbocycles. The Bertz CT molecular complexity index is 626. The molecule has 0 atom stereocenters. The standard InChI is InChI=1S/C14H17BrN4O/c1-14(2,3)11-7-10(19(4)18-11)13(20)17-12-6-5-9(15)8-16-12/h5-8H,1-4H3,(H,16,17,20). The Morgan fingerprint density at radius 1 is 1.35 bits per heavy atom. The number of amides is 1. The quantitative estimate of drug-likeness (QED) is 0.916. The lowest BCUT2D eigenvalue weighted by atomic mass is 9.92. The number of nitrogens with zero attached hydrogens (tertiary/aromatic N) is 3. The monoisotopic (exact) mass is 336 g/mol. The first-order chi connectivity index (χ1) is 9.27. The summed E-state index contributed by atoms with van der Waals surface area (Å²) in [6.07, 6.45) is 1.64. The maximum atomic E-state index is 12.2. The summed E-state index contributed by atoms with van der Waals surface area (Å²) in [6.45, 7) is 6.19. The Balaban J connectivity index is 2.21. The SMILES string of the molecule is Cn1nc(C(C)(C)C)cc1C(=O)Nc1ccc(Br)cn1. The number of aryl methyl sites for hydroxylation is 1. The topological polar surface area (TPSA) is 59.8 Å². The normalized spacial score (nSPS) is 11.4. The Hall–Kier alpha value is -1.69. The summed E-state index contributed by atoms with van der Waals surface area (Å²) < 4.78 is 2.46. The van der Waals surface area contributed by atoms with Gasteiger partial charge in [-0.1, -0.05) is 20.8 Å². The van der Waals surface area contributed by atoms with E-state index >= 15 is 0 Å². The zero-order chi connectivity index (χ0) is 14.9. The molecular weight excluding hydrogens is 320 g/mol. The zero-order valence-electron chi connectivity index (χ0n) is 11.9. The number of carbonyl (C=O) groups is 1. The first kappa shape index (κ1) is 14.7. The van der Waals surface area contributed by atoms with Crippen molar-refractivity contribution in [3.8, 4) is 0 Å². The molecule has 106 valence electrons. The number of halogens is 1. The van der Waals surface area contributed by atoms with E-state index in [0.717, 1.165) is 10.2 Å². The third-order valence-corrected chi connectivity index (χ3v) is 3.32. The number of carbonyl (C=O) groups excluding carboxylic acids is 1. The minimum absolute atomic E-state index is 0.0911. The van der Waals surface area contributed by atoms with Crippen molar-refractivity contribution in [2.75, 3.05) is 5.32 Å². The van der Waals surface area contributed by atoms with Gasteiger partial charge in [-0.25, -0.2) is 4.98 Å². The lowest BCUT2D eigenvalue weighted by molar-refractivity contribution is 0.101. The molecule has 6 heteroatoms. The minimum atomic E-state index is -0.217. The van der Waals surface area contributed by atoms with Crippen molar-refractivity contribution in [2.24, 2.45) is 7.05 Å². The van der Waals surface area contributed by atoms with Crippen LogP contribution in [0, 0.1) is 0 Å². The molecule has 0 saturated carbocycles. The van der Waals surface area contributed by atoms with Gasteiger partial charge in [-0.15, -0.1) is 0 Å². The van der Waals surface area contributed by atoms with Crippen LogP contribution in [0.5, 0.6) is 0 Å². The highest BCUT2D eigenvalue weighted by molar-refractivity contribution is 9.10. The maximum absolute atomic E-state index is 12.2. The van der Waals surface area contributed by atoms with Crippen LogP contribution >= 0.6 is 15.9 Å². The van der Waals surface area contributed by atoms with Crippen molar-refractivity contribution in [1.82, 2.24) is 14.8 Å². The number of aromatic nitrogens is 3. The van der Waals surface area contributed by atoms with Crippen molar-refractivity contribution in [1.29, 1.82) is 0 Å². The van der Waals surface area contributed by atoms with Crippen LogP contribution in [0.3, 0.4) is 0 Å². The van der Waals surface area contributed by atoms with Crippen molar-refractivity contribution < 1.29 is 4.79 Å². The molecule has 2 heterocycles. The second-order valence-corrected chi connectivity index (χ2v) is 6.52. The van der Waals surface area contributed by atoms with E-state index in [-0.39, 0.29) is 11.3 Å². The van der Waals surface area contributed by atoms with Gasteiger partial charge in [-0.3, -0.25) is 9.48 Å². The van der Waals surface area contributed by atoms with Gasteiger partial charge in [-0.2, -0.15) is 5.10 Å². The zero-order valence-corrected chi connectivity index (χ0v) is 13.5. The van der Waals surface area contributed by atoms with Gasteiger partial charge < -0.3 is 5.32 Å². The van der Waals surface area contributed by atoms with E-state index in [1.165, 1.54) is 0 Å². The van der Waals surface area contributed by atoms with Crippen molar-refractivity contribution in [3.63, 3.8) is 0 Å². The molecule has 0 aliphatic carbocycles. The Labute approximate surface area is 126 Å². The highest BCUT2D eigenvalue weighted by Crippen LogP contribution is 2.21. The van der Waals surface area contributed by atoms with Crippen LogP contribution in [0.15, 0.2) is 28.9 Å². The lowest BCUT2D eigenvalue weighted by Gasteiger charge is -2.13. The molecule has 0 bridgehead atoms. The molecule has 2 aromatic rings. The second-order valence-electron chi connectivity index (χ2n) is 5.60. The molecule has 5 nitrogen and oxygen atoms in total. The van der Waals surface area contributed by atoms with Crippen molar-refractivity contribution >= 4 is 27.7 Å². The number of rotatable bonds is 2. The fourth-order valence-corrected chi connectivity index (χ4v) is 1.91. The van der Waals surface area contributed by atoms with E-state index < -0.39 is 0 Å². The van der Waals surface area contributed by atoms with Crippen LogP contribution in [-0.2, 0) is 12.5 Å². The summed E-state index contributed by atoms with van der Waals surface area (Å²) in [6, 6.07) is 5.38. The molecule has 2 aromatic heterocycles. The van der Waals surface area contributed by atoms with Crippen LogP contribution in [0.1, 0.15) is 37.0 Å². The van der Waals surface area contributed by atoms with E-state index in [0.29, 0.717) is 11.5 Å². The predicted octanol–water partition coefficient (Wildman–Crippen LogP) is 3.13. The molecule has 0 aliphatic rings. The molecule has 0 radical (unpaired) electrons. The molecule has 1 amide bonds. The Kier molecular flexibility index (Phi) is 3.94. The van der Waals surface area contributed by atoms with Crippen LogP contribution in [-0.4, -0.2) is 20.7 Å². The van der Waals surface area contributed by atoms with E-state index in [1.807, 2.05) is 12.1 Å². The average Bonchev–Trinajstić information content (AvgIpc) is 2.74. The fourth-order valence-electron chi connectivity index (χ4n) is 1.68. The Morgan fingerprint density at radius 2 is 2.05 bits per heavy atom. The lowest BCUT2D eigenvalue weighted by Crippen LogP contribution is -2.16. The van der Waals surface area contributed by atoms with E-state index in [4.69, 9.17) is 0 Å². The number of anilines is 1. The van der Waals surface area contributed by atoms with Gasteiger partial charge >= 0.3 is 0 Å². The van der Waals surface area contributed by atoms with Crippen LogP contribution in [0.2, 0.25) is 0 Å². The molecule has 2 rings (SSSR count). The average molecular weight is 337 g/mol. The van der Waals surface area contributed by atoms with Crippen molar-refractivity contribution in [2.45, 2.75) is 26.2 Å². The molecule has 20 heavy (non-hydrogen) atoms. The smallest absolute Gasteiger partial charge is 0.275 e. The Morgan fingerprint density at radius 3 is 2.55 bits per heavy atom. The molecule has 0 aliphatic heterocycles. The summed E-state index contributed by atoms with van der Waals surface area (Å²) in [5.74, 6) is 0.294. The maximum Gasteiger partial charge on any atom is 0.275 e. The summed E-state index contributed by atoms with van der Waals surface area (Å²) in [7, 11) is 1.76. The summed E-state index contributed by atoms with van der Waals surface area (Å²) in [5.41, 5.74) is 1.31. The molecule has 0 unspecified atom stereocenters. The molecule has 1 N–H and O–H groups in total. The highest BCUT2D eigenvalue weighted by atomic mass is 79.9. The molecule has 0 spiro atoms. The third-order valence-electron chi connectivity index (χ3n) is 2.85. The van der Waals surface area contributed by atoms with Gasteiger partial charge in [0.1, 0.15) is 11.5 Å². The van der Waals surface area contributed by atoms with Crippen molar-refractivity contribution in [3.05, 3.63) is 40.3 Å². The number of pyridine rings is 1. The third kappa shape index (κ3) is 3.25. The highest BCUT2D eigenvalue weighted by Gasteiger charge is 2.21. The van der Waals surface area contributed by atoms with Gasteiger partial charge in [0.05, 0.1) is 5.69 Å².